The number of anilines is 1. The van der Waals surface area contributed by atoms with E-state index in [2.05, 4.69) is 21.2 Å². The summed E-state index contributed by atoms with van der Waals surface area (Å²) in [6.07, 6.45) is 0. The van der Waals surface area contributed by atoms with Gasteiger partial charge in [0, 0.05) is 22.3 Å². The van der Waals surface area contributed by atoms with Crippen LogP contribution in [0.25, 0.3) is 0 Å². The van der Waals surface area contributed by atoms with E-state index in [-0.39, 0.29) is 11.4 Å². The fraction of sp³-hybridized carbons (Fsp3) is 0.0769. The molecule has 112 valence electrons. The largest absolute Gasteiger partial charge is 0.505 e. The molecule has 21 heavy (non-hydrogen) atoms. The number of nitrogens with two attached hydrogens (primary N) is 1. The number of hydrogen-bond donors (Lipinski definition) is 3. The molecule has 0 aliphatic heterocycles. The molecule has 4 N–H and O–H groups in total. The Morgan fingerprint density at radius 2 is 2.00 bits per heavy atom. The Morgan fingerprint density at radius 3 is 2.62 bits per heavy atom. The zero-order chi connectivity index (χ0) is 15.6. The van der Waals surface area contributed by atoms with Gasteiger partial charge in [-0.25, -0.2) is 17.9 Å². The minimum absolute atomic E-state index is 0.0199. The molecule has 0 aromatic heterocycles. The number of para-hydroxylation sites is 1. The molecule has 0 heterocycles. The van der Waals surface area contributed by atoms with Crippen molar-refractivity contribution in [2.45, 2.75) is 11.4 Å². The van der Waals surface area contributed by atoms with Gasteiger partial charge >= 0.3 is 0 Å². The summed E-state index contributed by atoms with van der Waals surface area (Å²) in [5.41, 5.74) is 0.975. The number of phenols is 1. The molecular weight excluding hydrogens is 363 g/mol. The van der Waals surface area contributed by atoms with Crippen LogP contribution in [0.5, 0.6) is 5.75 Å². The van der Waals surface area contributed by atoms with E-state index in [1.807, 2.05) is 0 Å². The number of phenolic OH excluding ortho intramolecular Hbond substituents is 1. The zero-order valence-electron chi connectivity index (χ0n) is 10.7. The van der Waals surface area contributed by atoms with Gasteiger partial charge in [0.05, 0.1) is 4.90 Å². The molecule has 2 rings (SSSR count). The molecule has 0 fully saturated rings. The normalized spacial score (nSPS) is 11.4. The predicted molar refractivity (Wildman–Crippen MR) is 80.9 cm³/mol. The Balaban J connectivity index is 2.19. The third-order valence-corrected chi connectivity index (χ3v) is 4.38. The highest BCUT2D eigenvalue weighted by Crippen LogP contribution is 2.27. The first-order valence-corrected chi connectivity index (χ1v) is 8.15. The average Bonchev–Trinajstić information content (AvgIpc) is 2.40. The van der Waals surface area contributed by atoms with Crippen LogP contribution < -0.4 is 10.5 Å². The first kappa shape index (κ1) is 15.7. The molecule has 2 aromatic carbocycles. The van der Waals surface area contributed by atoms with E-state index in [9.17, 15) is 17.9 Å². The minimum atomic E-state index is -3.77. The van der Waals surface area contributed by atoms with Crippen molar-refractivity contribution in [3.8, 4) is 5.75 Å². The topological polar surface area (TPSA) is 92.4 Å². The summed E-state index contributed by atoms with van der Waals surface area (Å²) in [5, 5.41) is 17.6. The fourth-order valence-electron chi connectivity index (χ4n) is 1.71. The predicted octanol–water partition coefficient (Wildman–Crippen LogP) is 2.55. The molecule has 0 atom stereocenters. The summed E-state index contributed by atoms with van der Waals surface area (Å²) < 4.78 is 36.1. The zero-order valence-corrected chi connectivity index (χ0v) is 13.1. The number of aromatic hydroxyl groups is 1. The highest BCUT2D eigenvalue weighted by Gasteiger charge is 2.11. The molecule has 0 unspecified atom stereocenters. The molecule has 0 aliphatic rings. The van der Waals surface area contributed by atoms with E-state index in [4.69, 9.17) is 5.14 Å². The molecule has 0 saturated carbocycles. The number of benzene rings is 2. The molecule has 8 heteroatoms. The van der Waals surface area contributed by atoms with E-state index in [0.29, 0.717) is 15.7 Å². The Morgan fingerprint density at radius 1 is 1.29 bits per heavy atom. The summed E-state index contributed by atoms with van der Waals surface area (Å²) in [6.45, 7) is 0.177. The van der Waals surface area contributed by atoms with Crippen LogP contribution in [0.4, 0.5) is 10.1 Å². The lowest BCUT2D eigenvalue weighted by Crippen LogP contribution is -2.12. The van der Waals surface area contributed by atoms with Crippen molar-refractivity contribution < 1.29 is 17.9 Å². The minimum Gasteiger partial charge on any atom is -0.505 e. The summed E-state index contributed by atoms with van der Waals surface area (Å²) in [6, 6.07) is 8.48. The Bertz CT molecular complexity index is 781. The maximum atomic E-state index is 13.2. The lowest BCUT2D eigenvalue weighted by Gasteiger charge is -2.11. The SMILES string of the molecule is NS(=O)(=O)c1ccc(NCc2cccc(F)c2O)c(Br)c1. The van der Waals surface area contributed by atoms with Gasteiger partial charge in [0.1, 0.15) is 0 Å². The molecule has 5 nitrogen and oxygen atoms in total. The smallest absolute Gasteiger partial charge is 0.238 e. The van der Waals surface area contributed by atoms with Gasteiger partial charge < -0.3 is 10.4 Å². The molecule has 0 spiro atoms. The standard InChI is InChI=1S/C13H12BrFN2O3S/c14-10-6-9(21(16,19)20)4-5-12(10)17-7-8-2-1-3-11(15)13(8)18/h1-6,17-18H,7H2,(H2,16,19,20). The molecule has 0 aliphatic carbocycles. The van der Waals surface area contributed by atoms with Crippen LogP contribution in [0, 0.1) is 5.82 Å². The second-order valence-electron chi connectivity index (χ2n) is 4.29. The van der Waals surface area contributed by atoms with Crippen molar-refractivity contribution in [3.63, 3.8) is 0 Å². The van der Waals surface area contributed by atoms with Crippen LogP contribution in [0.3, 0.4) is 0 Å². The molecule has 0 saturated heterocycles. The van der Waals surface area contributed by atoms with Gasteiger partial charge in [-0.3, -0.25) is 0 Å². The third kappa shape index (κ3) is 3.72. The van der Waals surface area contributed by atoms with Crippen molar-refractivity contribution >= 4 is 31.6 Å². The summed E-state index contributed by atoms with van der Waals surface area (Å²) in [7, 11) is -3.77. The fourth-order valence-corrected chi connectivity index (χ4v) is 2.92. The van der Waals surface area contributed by atoms with Crippen molar-refractivity contribution in [1.29, 1.82) is 0 Å². The second-order valence-corrected chi connectivity index (χ2v) is 6.70. The number of hydrogen-bond acceptors (Lipinski definition) is 4. The summed E-state index contributed by atoms with van der Waals surface area (Å²) >= 11 is 3.23. The molecule has 2 aromatic rings. The average molecular weight is 375 g/mol. The van der Waals surface area contributed by atoms with Crippen LogP contribution >= 0.6 is 15.9 Å². The van der Waals surface area contributed by atoms with Crippen molar-refractivity contribution in [3.05, 3.63) is 52.3 Å². The van der Waals surface area contributed by atoms with Gasteiger partial charge in [-0.1, -0.05) is 12.1 Å². The van der Waals surface area contributed by atoms with Gasteiger partial charge in [-0.2, -0.15) is 0 Å². The molecule has 0 radical (unpaired) electrons. The van der Waals surface area contributed by atoms with Gasteiger partial charge in [-0.15, -0.1) is 0 Å². The first-order chi connectivity index (χ1) is 9.79. The lowest BCUT2D eigenvalue weighted by atomic mass is 10.2. The maximum absolute atomic E-state index is 13.2. The molecule has 0 bridgehead atoms. The third-order valence-electron chi connectivity index (χ3n) is 2.81. The van der Waals surface area contributed by atoms with E-state index in [1.165, 1.54) is 24.3 Å². The molecule has 0 amide bonds. The monoisotopic (exact) mass is 374 g/mol. The van der Waals surface area contributed by atoms with Gasteiger partial charge in [0.15, 0.2) is 11.6 Å². The Kier molecular flexibility index (Phi) is 4.50. The van der Waals surface area contributed by atoms with Gasteiger partial charge in [-0.05, 0) is 40.2 Å². The Hall–Kier alpha value is -1.64. The van der Waals surface area contributed by atoms with E-state index >= 15 is 0 Å². The maximum Gasteiger partial charge on any atom is 0.238 e. The van der Waals surface area contributed by atoms with E-state index in [1.54, 1.807) is 6.07 Å². The number of rotatable bonds is 4. The van der Waals surface area contributed by atoms with Crippen molar-refractivity contribution in [2.24, 2.45) is 5.14 Å². The van der Waals surface area contributed by atoms with E-state index in [0.717, 1.165) is 6.07 Å². The van der Waals surface area contributed by atoms with Gasteiger partial charge in [0.2, 0.25) is 10.0 Å². The summed E-state index contributed by atoms with van der Waals surface area (Å²) in [5.74, 6) is -1.11. The van der Waals surface area contributed by atoms with Crippen molar-refractivity contribution in [2.75, 3.05) is 5.32 Å². The van der Waals surface area contributed by atoms with Gasteiger partial charge in [0.25, 0.3) is 0 Å². The second kappa shape index (κ2) is 6.00. The van der Waals surface area contributed by atoms with Crippen molar-refractivity contribution in [1.82, 2.24) is 0 Å². The lowest BCUT2D eigenvalue weighted by molar-refractivity contribution is 0.427. The Labute approximate surface area is 129 Å². The van der Waals surface area contributed by atoms with Crippen LogP contribution in [-0.2, 0) is 16.6 Å². The highest BCUT2D eigenvalue weighted by atomic mass is 79.9. The van der Waals surface area contributed by atoms with Crippen LogP contribution in [-0.4, -0.2) is 13.5 Å². The van der Waals surface area contributed by atoms with Crippen LogP contribution in [0.15, 0.2) is 45.8 Å². The number of halogens is 2. The van der Waals surface area contributed by atoms with E-state index < -0.39 is 21.6 Å². The quantitative estimate of drug-likeness (QED) is 0.766. The number of primary sulfonamides is 1. The highest BCUT2D eigenvalue weighted by molar-refractivity contribution is 9.10. The number of sulfonamides is 1. The summed E-state index contributed by atoms with van der Waals surface area (Å²) in [4.78, 5) is -0.0199. The van der Waals surface area contributed by atoms with Crippen LogP contribution in [0.2, 0.25) is 0 Å². The first-order valence-electron chi connectivity index (χ1n) is 5.81. The molecular formula is C13H12BrFN2O3S. The number of nitrogens with one attached hydrogen (secondary N) is 1. The van der Waals surface area contributed by atoms with Crippen LogP contribution in [0.1, 0.15) is 5.56 Å².